The summed E-state index contributed by atoms with van der Waals surface area (Å²) in [4.78, 5) is 28.8. The predicted octanol–water partition coefficient (Wildman–Crippen LogP) is 0.744. The lowest BCUT2D eigenvalue weighted by Gasteiger charge is -2.20. The van der Waals surface area contributed by atoms with Gasteiger partial charge in [0.25, 0.3) is 11.8 Å². The van der Waals surface area contributed by atoms with Crippen molar-refractivity contribution in [2.75, 3.05) is 54.7 Å². The van der Waals surface area contributed by atoms with Crippen LogP contribution in [0.4, 0.5) is 0 Å². The Morgan fingerprint density at radius 2 is 1.78 bits per heavy atom. The Bertz CT molecular complexity index is 731. The minimum Gasteiger partial charge on any atom is -0.493 e. The number of amides is 2. The van der Waals surface area contributed by atoms with E-state index in [9.17, 15) is 14.7 Å². The van der Waals surface area contributed by atoms with Crippen molar-refractivity contribution in [1.82, 2.24) is 9.80 Å². The fraction of sp³-hybridized carbons (Fsp3) is 0.474. The van der Waals surface area contributed by atoms with Crippen LogP contribution in [0.3, 0.4) is 0 Å². The molecule has 1 aliphatic heterocycles. The van der Waals surface area contributed by atoms with Crippen LogP contribution >= 0.6 is 0 Å². The van der Waals surface area contributed by atoms with E-state index >= 15 is 0 Å². The molecule has 1 heterocycles. The first-order valence-electron chi connectivity index (χ1n) is 8.63. The average Bonchev–Trinajstić information content (AvgIpc) is 2.92. The minimum absolute atomic E-state index is 0.135. The molecule has 1 aliphatic rings. The smallest absolute Gasteiger partial charge is 0.277 e. The molecule has 0 saturated heterocycles. The van der Waals surface area contributed by atoms with Gasteiger partial charge in [-0.3, -0.25) is 14.5 Å². The Morgan fingerprint density at radius 1 is 1.07 bits per heavy atom. The van der Waals surface area contributed by atoms with Gasteiger partial charge < -0.3 is 24.2 Å². The number of benzene rings is 1. The molecule has 0 bridgehead atoms. The summed E-state index contributed by atoms with van der Waals surface area (Å²) in [5.74, 6) is 0.241. The zero-order chi connectivity index (χ0) is 20.0. The molecule has 1 aromatic rings. The molecule has 1 N–H and O–H groups in total. The van der Waals surface area contributed by atoms with E-state index in [1.165, 1.54) is 19.1 Å². The molecule has 8 nitrogen and oxygen atoms in total. The third-order valence-electron chi connectivity index (χ3n) is 4.36. The molecule has 2 rings (SSSR count). The van der Waals surface area contributed by atoms with Crippen LogP contribution in [0.15, 0.2) is 23.9 Å². The van der Waals surface area contributed by atoms with Gasteiger partial charge in [0.1, 0.15) is 5.70 Å². The van der Waals surface area contributed by atoms with Gasteiger partial charge in [0.15, 0.2) is 11.5 Å². The number of hydrogen-bond donors (Lipinski definition) is 1. The van der Waals surface area contributed by atoms with Gasteiger partial charge in [-0.15, -0.1) is 0 Å². The highest BCUT2D eigenvalue weighted by molar-refractivity contribution is 6.35. The van der Waals surface area contributed by atoms with E-state index in [0.717, 1.165) is 0 Å². The molecule has 0 fully saturated rings. The van der Waals surface area contributed by atoms with Gasteiger partial charge in [0.2, 0.25) is 0 Å². The van der Waals surface area contributed by atoms with E-state index in [0.29, 0.717) is 30.1 Å². The van der Waals surface area contributed by atoms with Crippen LogP contribution in [0.25, 0.3) is 5.57 Å². The van der Waals surface area contributed by atoms with Crippen molar-refractivity contribution in [3.8, 4) is 11.5 Å². The molecule has 2 amide bonds. The summed E-state index contributed by atoms with van der Waals surface area (Å²) in [6, 6.07) is 5.08. The Balaban J connectivity index is 2.49. The summed E-state index contributed by atoms with van der Waals surface area (Å²) in [6.45, 7) is 0.810. The van der Waals surface area contributed by atoms with Gasteiger partial charge in [0.05, 0.1) is 26.4 Å². The van der Waals surface area contributed by atoms with Gasteiger partial charge in [-0.2, -0.15) is 0 Å². The maximum absolute atomic E-state index is 13.0. The van der Waals surface area contributed by atoms with Crippen LogP contribution in [0.5, 0.6) is 11.5 Å². The number of rotatable bonds is 10. The van der Waals surface area contributed by atoms with Gasteiger partial charge >= 0.3 is 0 Å². The molecule has 0 saturated carbocycles. The zero-order valence-electron chi connectivity index (χ0n) is 16.2. The van der Waals surface area contributed by atoms with Crippen molar-refractivity contribution in [2.24, 2.45) is 0 Å². The summed E-state index contributed by atoms with van der Waals surface area (Å²) in [6.07, 6.45) is 0.546. The largest absolute Gasteiger partial charge is 0.493 e. The summed E-state index contributed by atoms with van der Waals surface area (Å²) in [5, 5.41) is 9.27. The fourth-order valence-corrected chi connectivity index (χ4v) is 3.00. The topological polar surface area (TPSA) is 88.5 Å². The highest BCUT2D eigenvalue weighted by atomic mass is 16.5. The van der Waals surface area contributed by atoms with Crippen molar-refractivity contribution in [3.05, 3.63) is 29.5 Å². The quantitative estimate of drug-likeness (QED) is 0.475. The zero-order valence-corrected chi connectivity index (χ0v) is 16.2. The van der Waals surface area contributed by atoms with Crippen molar-refractivity contribution in [1.29, 1.82) is 0 Å². The Morgan fingerprint density at radius 3 is 2.37 bits per heavy atom. The van der Waals surface area contributed by atoms with Gasteiger partial charge in [-0.05, 0) is 24.1 Å². The van der Waals surface area contributed by atoms with E-state index < -0.39 is 0 Å². The second kappa shape index (κ2) is 9.38. The van der Waals surface area contributed by atoms with Crippen molar-refractivity contribution < 1.29 is 28.9 Å². The standard InChI is InChI=1S/C19H26N2O6/c1-20(9-10-22)17-16(13-6-7-14(26-3)15(12-13)27-4)18(23)21(19(17)24)8-5-11-25-2/h6-7,12,22H,5,8-11H2,1-4H3. The third-order valence-corrected chi connectivity index (χ3v) is 4.36. The maximum atomic E-state index is 13.0. The highest BCUT2D eigenvalue weighted by Gasteiger charge is 2.40. The molecule has 27 heavy (non-hydrogen) atoms. The molecule has 0 aromatic heterocycles. The fourth-order valence-electron chi connectivity index (χ4n) is 3.00. The Kier molecular flexibility index (Phi) is 7.20. The molecular weight excluding hydrogens is 352 g/mol. The molecule has 0 spiro atoms. The summed E-state index contributed by atoms with van der Waals surface area (Å²) < 4.78 is 15.6. The van der Waals surface area contributed by atoms with Gasteiger partial charge in [0, 0.05) is 33.9 Å². The van der Waals surface area contributed by atoms with E-state index in [2.05, 4.69) is 0 Å². The second-order valence-corrected chi connectivity index (χ2v) is 6.05. The van der Waals surface area contributed by atoms with Crippen LogP contribution in [0.1, 0.15) is 12.0 Å². The SMILES string of the molecule is COCCCN1C(=O)C(c2ccc(OC)c(OC)c2)=C(N(C)CCO)C1=O. The third kappa shape index (κ3) is 4.23. The maximum Gasteiger partial charge on any atom is 0.277 e. The highest BCUT2D eigenvalue weighted by Crippen LogP contribution is 2.36. The number of aliphatic hydroxyl groups excluding tert-OH is 1. The molecule has 0 atom stereocenters. The normalized spacial score (nSPS) is 14.2. The predicted molar refractivity (Wildman–Crippen MR) is 99.4 cm³/mol. The number of nitrogens with zero attached hydrogens (tertiary/aromatic N) is 2. The lowest BCUT2D eigenvalue weighted by atomic mass is 10.0. The lowest BCUT2D eigenvalue weighted by Crippen LogP contribution is -2.35. The van der Waals surface area contributed by atoms with Gasteiger partial charge in [-0.1, -0.05) is 6.07 Å². The Labute approximate surface area is 158 Å². The molecule has 0 unspecified atom stereocenters. The average molecular weight is 378 g/mol. The Hall–Kier alpha value is -2.58. The number of carbonyl (C=O) groups excluding carboxylic acids is 2. The van der Waals surface area contributed by atoms with E-state index in [4.69, 9.17) is 14.2 Å². The second-order valence-electron chi connectivity index (χ2n) is 6.05. The van der Waals surface area contributed by atoms with Crippen LogP contribution in [0.2, 0.25) is 0 Å². The lowest BCUT2D eigenvalue weighted by molar-refractivity contribution is -0.137. The van der Waals surface area contributed by atoms with E-state index in [1.807, 2.05) is 0 Å². The minimum atomic E-state index is -0.378. The first kappa shape index (κ1) is 20.7. The van der Waals surface area contributed by atoms with Crippen LogP contribution < -0.4 is 9.47 Å². The summed E-state index contributed by atoms with van der Waals surface area (Å²) in [5.41, 5.74) is 1.10. The number of aliphatic hydroxyl groups is 1. The van der Waals surface area contributed by atoms with Crippen molar-refractivity contribution in [3.63, 3.8) is 0 Å². The number of hydrogen-bond acceptors (Lipinski definition) is 7. The van der Waals surface area contributed by atoms with Crippen molar-refractivity contribution in [2.45, 2.75) is 6.42 Å². The van der Waals surface area contributed by atoms with E-state index in [-0.39, 0.29) is 42.8 Å². The number of imide groups is 1. The summed E-state index contributed by atoms with van der Waals surface area (Å²) in [7, 11) is 6.28. The molecule has 8 heteroatoms. The number of likely N-dealkylation sites (N-methyl/N-ethyl adjacent to an activating group) is 1. The number of ether oxygens (including phenoxy) is 3. The molecule has 0 aliphatic carbocycles. The first-order chi connectivity index (χ1) is 13.0. The molecule has 0 radical (unpaired) electrons. The van der Waals surface area contributed by atoms with Crippen molar-refractivity contribution >= 4 is 17.4 Å². The number of carbonyl (C=O) groups is 2. The van der Waals surface area contributed by atoms with E-state index in [1.54, 1.807) is 37.3 Å². The molecule has 1 aromatic carbocycles. The van der Waals surface area contributed by atoms with Gasteiger partial charge in [-0.25, -0.2) is 0 Å². The summed E-state index contributed by atoms with van der Waals surface area (Å²) >= 11 is 0. The number of methoxy groups -OCH3 is 3. The molecular formula is C19H26N2O6. The molecule has 148 valence electrons. The van der Waals surface area contributed by atoms with Crippen LogP contribution in [-0.4, -0.2) is 81.4 Å². The first-order valence-corrected chi connectivity index (χ1v) is 8.63. The van der Waals surface area contributed by atoms with Crippen LogP contribution in [-0.2, 0) is 14.3 Å². The monoisotopic (exact) mass is 378 g/mol. The van der Waals surface area contributed by atoms with Crippen LogP contribution in [0, 0.1) is 0 Å².